The fourth-order valence-corrected chi connectivity index (χ4v) is 5.58. The van der Waals surface area contributed by atoms with Crippen molar-refractivity contribution < 1.29 is 13.6 Å². The van der Waals surface area contributed by atoms with Crippen LogP contribution < -0.4 is 0 Å². The molecule has 1 amide bonds. The van der Waals surface area contributed by atoms with E-state index in [-0.39, 0.29) is 24.8 Å². The summed E-state index contributed by atoms with van der Waals surface area (Å²) in [6.07, 6.45) is 1.36. The van der Waals surface area contributed by atoms with Crippen LogP contribution in [-0.2, 0) is 4.79 Å². The van der Waals surface area contributed by atoms with Gasteiger partial charge in [-0.1, -0.05) is 24.3 Å². The molecule has 27 heavy (non-hydrogen) atoms. The summed E-state index contributed by atoms with van der Waals surface area (Å²) in [5.74, 6) is -0.970. The summed E-state index contributed by atoms with van der Waals surface area (Å²) in [7, 11) is 0. The van der Waals surface area contributed by atoms with E-state index in [0.29, 0.717) is 30.6 Å². The van der Waals surface area contributed by atoms with Gasteiger partial charge in [-0.2, -0.15) is 0 Å². The fourth-order valence-electron chi connectivity index (χ4n) is 5.58. The van der Waals surface area contributed by atoms with Gasteiger partial charge in [-0.15, -0.1) is 0 Å². The second-order valence-electron chi connectivity index (χ2n) is 8.91. The maximum atomic E-state index is 13.4. The number of likely N-dealkylation sites (tertiary alicyclic amines) is 2. The Bertz CT molecular complexity index is 697. The van der Waals surface area contributed by atoms with Crippen molar-refractivity contribution in [3.05, 3.63) is 35.4 Å². The molecule has 3 aliphatic rings. The van der Waals surface area contributed by atoms with E-state index in [4.69, 9.17) is 0 Å². The molecule has 0 aromatic heterocycles. The van der Waals surface area contributed by atoms with Crippen LogP contribution in [0.4, 0.5) is 8.78 Å². The number of benzene rings is 1. The van der Waals surface area contributed by atoms with Gasteiger partial charge in [0.1, 0.15) is 0 Å². The number of alkyl halides is 2. The first-order chi connectivity index (χ1) is 12.8. The minimum Gasteiger partial charge on any atom is -0.335 e. The van der Waals surface area contributed by atoms with Gasteiger partial charge in [-0.3, -0.25) is 4.79 Å². The van der Waals surface area contributed by atoms with Gasteiger partial charge in [0.2, 0.25) is 11.8 Å². The number of rotatable bonds is 3. The molecule has 0 N–H and O–H groups in total. The number of aryl methyl sites for hydroxylation is 1. The molecule has 2 heterocycles. The standard InChI is InChI=1S/C22H30F2N2O/c1-15-5-3-4-6-19(15)21-20-14-25(12-18(20)13-26(21)16(2)27)11-17-7-9-22(23,24)10-8-17/h3-6,17-18,20-21H,7-14H2,1-2H3/t18-,20-,21-/m1/s1. The van der Waals surface area contributed by atoms with Crippen LogP contribution in [0.1, 0.15) is 49.8 Å². The highest BCUT2D eigenvalue weighted by Crippen LogP contribution is 2.46. The van der Waals surface area contributed by atoms with Crippen LogP contribution in [0.5, 0.6) is 0 Å². The number of halogens is 2. The predicted molar refractivity (Wildman–Crippen MR) is 102 cm³/mol. The minimum atomic E-state index is -2.45. The summed E-state index contributed by atoms with van der Waals surface area (Å²) in [4.78, 5) is 16.8. The van der Waals surface area contributed by atoms with Crippen molar-refractivity contribution in [2.75, 3.05) is 26.2 Å². The minimum absolute atomic E-state index is 0.0440. The molecule has 5 heteroatoms. The molecule has 3 fully saturated rings. The van der Waals surface area contributed by atoms with Crippen molar-refractivity contribution in [3.8, 4) is 0 Å². The largest absolute Gasteiger partial charge is 0.335 e. The third-order valence-corrected chi connectivity index (χ3v) is 7.00. The lowest BCUT2D eigenvalue weighted by molar-refractivity contribution is -0.130. The molecule has 1 aromatic carbocycles. The Morgan fingerprint density at radius 1 is 1.15 bits per heavy atom. The van der Waals surface area contributed by atoms with E-state index in [2.05, 4.69) is 34.9 Å². The summed E-state index contributed by atoms with van der Waals surface area (Å²) >= 11 is 0. The molecule has 148 valence electrons. The molecular formula is C22H30F2N2O. The van der Waals surface area contributed by atoms with Crippen molar-refractivity contribution >= 4 is 5.91 Å². The lowest BCUT2D eigenvalue weighted by Gasteiger charge is -2.33. The molecule has 1 saturated carbocycles. The highest BCUT2D eigenvalue weighted by atomic mass is 19.3. The SMILES string of the molecule is CC(=O)N1C[C@H]2CN(CC3CCC(F)(F)CC3)C[C@H]2[C@H]1c1ccccc1C. The van der Waals surface area contributed by atoms with E-state index in [1.54, 1.807) is 6.92 Å². The van der Waals surface area contributed by atoms with Crippen LogP contribution in [-0.4, -0.2) is 47.8 Å². The molecule has 0 unspecified atom stereocenters. The first-order valence-corrected chi connectivity index (χ1v) is 10.3. The molecule has 4 rings (SSSR count). The van der Waals surface area contributed by atoms with Gasteiger partial charge in [0, 0.05) is 51.9 Å². The molecule has 3 nitrogen and oxygen atoms in total. The number of amides is 1. The molecule has 0 radical (unpaired) electrons. The van der Waals surface area contributed by atoms with Crippen LogP contribution >= 0.6 is 0 Å². The summed E-state index contributed by atoms with van der Waals surface area (Å²) in [5.41, 5.74) is 2.50. The Hall–Kier alpha value is -1.49. The quantitative estimate of drug-likeness (QED) is 0.786. The van der Waals surface area contributed by atoms with Gasteiger partial charge in [0.25, 0.3) is 0 Å². The summed E-state index contributed by atoms with van der Waals surface area (Å²) in [6, 6.07) is 8.53. The number of nitrogens with zero attached hydrogens (tertiary/aromatic N) is 2. The first-order valence-electron chi connectivity index (χ1n) is 10.3. The topological polar surface area (TPSA) is 23.6 Å². The van der Waals surface area contributed by atoms with E-state index < -0.39 is 5.92 Å². The molecule has 1 aromatic rings. The Morgan fingerprint density at radius 3 is 2.52 bits per heavy atom. The van der Waals surface area contributed by atoms with E-state index in [1.165, 1.54) is 11.1 Å². The fraction of sp³-hybridized carbons (Fsp3) is 0.682. The lowest BCUT2D eigenvalue weighted by atomic mass is 9.86. The molecule has 0 bridgehead atoms. The highest BCUT2D eigenvalue weighted by Gasteiger charge is 2.49. The third kappa shape index (κ3) is 3.75. The molecule has 2 aliphatic heterocycles. The molecule has 0 spiro atoms. The average molecular weight is 376 g/mol. The molecular weight excluding hydrogens is 346 g/mol. The Balaban J connectivity index is 1.46. The number of fused-ring (bicyclic) bond motifs is 1. The Labute approximate surface area is 160 Å². The van der Waals surface area contributed by atoms with Crippen LogP contribution in [0.3, 0.4) is 0 Å². The van der Waals surface area contributed by atoms with Crippen LogP contribution in [0, 0.1) is 24.7 Å². The van der Waals surface area contributed by atoms with Crippen molar-refractivity contribution in [1.29, 1.82) is 0 Å². The molecule has 3 atom stereocenters. The van der Waals surface area contributed by atoms with Gasteiger partial charge in [-0.05, 0) is 42.7 Å². The van der Waals surface area contributed by atoms with Crippen molar-refractivity contribution in [1.82, 2.24) is 9.80 Å². The monoisotopic (exact) mass is 376 g/mol. The van der Waals surface area contributed by atoms with Crippen LogP contribution in [0.2, 0.25) is 0 Å². The van der Waals surface area contributed by atoms with E-state index in [0.717, 1.165) is 26.2 Å². The van der Waals surface area contributed by atoms with Crippen molar-refractivity contribution in [2.45, 2.75) is 51.5 Å². The zero-order valence-electron chi connectivity index (χ0n) is 16.3. The van der Waals surface area contributed by atoms with E-state index in [1.807, 2.05) is 6.07 Å². The van der Waals surface area contributed by atoms with Crippen molar-refractivity contribution in [2.24, 2.45) is 17.8 Å². The van der Waals surface area contributed by atoms with Gasteiger partial charge < -0.3 is 9.80 Å². The number of hydrogen-bond donors (Lipinski definition) is 0. The Kier molecular flexibility index (Phi) is 5.00. The second-order valence-corrected chi connectivity index (χ2v) is 8.91. The first kappa shape index (κ1) is 18.9. The van der Waals surface area contributed by atoms with E-state index >= 15 is 0 Å². The van der Waals surface area contributed by atoms with Crippen LogP contribution in [0.15, 0.2) is 24.3 Å². The average Bonchev–Trinajstić information content (AvgIpc) is 3.15. The second kappa shape index (κ2) is 7.16. The number of carbonyl (C=O) groups excluding carboxylic acids is 1. The lowest BCUT2D eigenvalue weighted by Crippen LogP contribution is -2.37. The van der Waals surface area contributed by atoms with E-state index in [9.17, 15) is 13.6 Å². The summed E-state index contributed by atoms with van der Waals surface area (Å²) in [6.45, 7) is 7.51. The predicted octanol–water partition coefficient (Wildman–Crippen LogP) is 4.27. The highest BCUT2D eigenvalue weighted by molar-refractivity contribution is 5.74. The van der Waals surface area contributed by atoms with Gasteiger partial charge in [-0.25, -0.2) is 8.78 Å². The molecule has 2 saturated heterocycles. The number of carbonyl (C=O) groups is 1. The van der Waals surface area contributed by atoms with Gasteiger partial charge in [0.15, 0.2) is 0 Å². The zero-order chi connectivity index (χ0) is 19.2. The van der Waals surface area contributed by atoms with Crippen LogP contribution in [0.25, 0.3) is 0 Å². The van der Waals surface area contributed by atoms with Gasteiger partial charge in [0.05, 0.1) is 6.04 Å². The summed E-state index contributed by atoms with van der Waals surface area (Å²) in [5, 5.41) is 0. The Morgan fingerprint density at radius 2 is 1.85 bits per heavy atom. The maximum absolute atomic E-state index is 13.4. The van der Waals surface area contributed by atoms with Gasteiger partial charge >= 0.3 is 0 Å². The third-order valence-electron chi connectivity index (χ3n) is 7.00. The maximum Gasteiger partial charge on any atom is 0.248 e. The normalized spacial score (nSPS) is 31.3. The molecule has 1 aliphatic carbocycles. The number of hydrogen-bond acceptors (Lipinski definition) is 2. The van der Waals surface area contributed by atoms with Crippen molar-refractivity contribution in [3.63, 3.8) is 0 Å². The smallest absolute Gasteiger partial charge is 0.248 e. The summed E-state index contributed by atoms with van der Waals surface area (Å²) < 4.78 is 26.8. The zero-order valence-corrected chi connectivity index (χ0v) is 16.3.